The van der Waals surface area contributed by atoms with Crippen LogP contribution in [0.25, 0.3) is 0 Å². The van der Waals surface area contributed by atoms with E-state index in [-0.39, 0.29) is 0 Å². The maximum absolute atomic E-state index is 6.27. The lowest BCUT2D eigenvalue weighted by atomic mass is 9.94. The third-order valence-electron chi connectivity index (χ3n) is 3.52. The summed E-state index contributed by atoms with van der Waals surface area (Å²) in [6.07, 6.45) is 1.87. The molecule has 1 heterocycles. The Morgan fingerprint density at radius 2 is 1.88 bits per heavy atom. The molecule has 2 heteroatoms. The van der Waals surface area contributed by atoms with Gasteiger partial charge >= 0.3 is 0 Å². The van der Waals surface area contributed by atoms with E-state index in [1.165, 1.54) is 16.7 Å². The summed E-state index contributed by atoms with van der Waals surface area (Å²) in [5.74, 6) is 0.551. The fraction of sp³-hybridized carbons (Fsp3) is 0.571. The van der Waals surface area contributed by atoms with Crippen molar-refractivity contribution in [1.82, 2.24) is 0 Å². The zero-order valence-corrected chi connectivity index (χ0v) is 11.1. The van der Waals surface area contributed by atoms with Crippen molar-refractivity contribution in [3.05, 3.63) is 33.8 Å². The number of hydrogen-bond donors (Lipinski definition) is 0. The molecule has 0 radical (unpaired) electrons. The molecule has 0 amide bonds. The van der Waals surface area contributed by atoms with E-state index in [1.54, 1.807) is 0 Å². The lowest BCUT2D eigenvalue weighted by Crippen LogP contribution is -2.09. The fourth-order valence-corrected chi connectivity index (χ4v) is 2.55. The number of aryl methyl sites for hydroxylation is 2. The van der Waals surface area contributed by atoms with E-state index in [0.717, 1.165) is 11.4 Å². The van der Waals surface area contributed by atoms with E-state index in [1.807, 2.05) is 0 Å². The first-order chi connectivity index (χ1) is 7.49. The summed E-state index contributed by atoms with van der Waals surface area (Å²) >= 11 is 6.27. The van der Waals surface area contributed by atoms with Gasteiger partial charge in [-0.3, -0.25) is 0 Å². The van der Waals surface area contributed by atoms with Gasteiger partial charge in [0.2, 0.25) is 0 Å². The number of benzene rings is 1. The number of hydrogen-bond acceptors (Lipinski definition) is 1. The lowest BCUT2D eigenvalue weighted by molar-refractivity contribution is 0.328. The molecule has 0 aliphatic carbocycles. The Kier molecular flexibility index (Phi) is 3.27. The molecule has 3 atom stereocenters. The van der Waals surface area contributed by atoms with E-state index >= 15 is 0 Å². The standard InChI is InChI=1S/C14H19ClO/c1-8-5-12(13(15)7-9(8)2)6-10(3)14-11(4)16-14/h5,7,10-11,14H,6H2,1-4H3. The van der Waals surface area contributed by atoms with Gasteiger partial charge in [-0.15, -0.1) is 0 Å². The predicted octanol–water partition coefficient (Wildman–Crippen LogP) is 3.92. The molecule has 0 aromatic heterocycles. The minimum absolute atomic E-state index is 0.428. The molecule has 0 spiro atoms. The van der Waals surface area contributed by atoms with Gasteiger partial charge in [0.15, 0.2) is 0 Å². The van der Waals surface area contributed by atoms with Crippen LogP contribution in [0.5, 0.6) is 0 Å². The molecule has 1 saturated heterocycles. The van der Waals surface area contributed by atoms with Crippen LogP contribution in [0.2, 0.25) is 5.02 Å². The van der Waals surface area contributed by atoms with Gasteiger partial charge in [-0.05, 0) is 55.9 Å². The van der Waals surface area contributed by atoms with Gasteiger partial charge in [-0.25, -0.2) is 0 Å². The summed E-state index contributed by atoms with van der Waals surface area (Å²) < 4.78 is 5.50. The smallest absolute Gasteiger partial charge is 0.0867 e. The summed E-state index contributed by atoms with van der Waals surface area (Å²) in [6.45, 7) is 8.60. The Morgan fingerprint density at radius 3 is 2.44 bits per heavy atom. The largest absolute Gasteiger partial charge is 0.370 e. The van der Waals surface area contributed by atoms with Crippen molar-refractivity contribution in [2.45, 2.75) is 46.3 Å². The molecule has 16 heavy (non-hydrogen) atoms. The number of epoxide rings is 1. The van der Waals surface area contributed by atoms with Crippen LogP contribution in [-0.4, -0.2) is 12.2 Å². The highest BCUT2D eigenvalue weighted by atomic mass is 35.5. The van der Waals surface area contributed by atoms with Crippen LogP contribution in [0.3, 0.4) is 0 Å². The van der Waals surface area contributed by atoms with E-state index in [9.17, 15) is 0 Å². The predicted molar refractivity (Wildman–Crippen MR) is 68.1 cm³/mol. The van der Waals surface area contributed by atoms with E-state index in [2.05, 4.69) is 39.8 Å². The second kappa shape index (κ2) is 4.38. The molecule has 0 saturated carbocycles. The van der Waals surface area contributed by atoms with E-state index < -0.39 is 0 Å². The van der Waals surface area contributed by atoms with Gasteiger partial charge in [0, 0.05) is 5.02 Å². The SMILES string of the molecule is Cc1cc(Cl)c(CC(C)C2OC2C)cc1C. The Hall–Kier alpha value is -0.530. The molecule has 1 aliphatic heterocycles. The summed E-state index contributed by atoms with van der Waals surface area (Å²) in [5, 5.41) is 0.892. The molecule has 3 unspecified atom stereocenters. The van der Waals surface area contributed by atoms with Gasteiger partial charge in [0.1, 0.15) is 0 Å². The molecule has 0 bridgehead atoms. The Bertz CT molecular complexity index is 400. The zero-order chi connectivity index (χ0) is 11.9. The van der Waals surface area contributed by atoms with Crippen LogP contribution in [0.15, 0.2) is 12.1 Å². The van der Waals surface area contributed by atoms with Crippen LogP contribution in [0.1, 0.15) is 30.5 Å². The topological polar surface area (TPSA) is 12.5 Å². The van der Waals surface area contributed by atoms with Crippen molar-refractivity contribution >= 4 is 11.6 Å². The molecule has 1 aromatic rings. The van der Waals surface area contributed by atoms with Crippen LogP contribution < -0.4 is 0 Å². The average Bonchev–Trinajstić information content (AvgIpc) is 2.92. The molecule has 0 N–H and O–H groups in total. The monoisotopic (exact) mass is 238 g/mol. The molecule has 1 nitrogen and oxygen atoms in total. The van der Waals surface area contributed by atoms with Gasteiger partial charge in [0.25, 0.3) is 0 Å². The molecule has 2 rings (SSSR count). The van der Waals surface area contributed by atoms with Crippen LogP contribution in [0, 0.1) is 19.8 Å². The minimum atomic E-state index is 0.428. The molecule has 1 aliphatic rings. The number of halogens is 1. The second-order valence-corrected chi connectivity index (χ2v) is 5.42. The first kappa shape index (κ1) is 11.9. The van der Waals surface area contributed by atoms with Gasteiger partial charge < -0.3 is 4.74 Å². The first-order valence-electron chi connectivity index (χ1n) is 5.90. The molecular weight excluding hydrogens is 220 g/mol. The Morgan fingerprint density at radius 1 is 1.31 bits per heavy atom. The quantitative estimate of drug-likeness (QED) is 0.728. The highest BCUT2D eigenvalue weighted by Gasteiger charge is 2.38. The van der Waals surface area contributed by atoms with Crippen molar-refractivity contribution in [3.63, 3.8) is 0 Å². The summed E-state index contributed by atoms with van der Waals surface area (Å²) in [6, 6.07) is 4.28. The van der Waals surface area contributed by atoms with Gasteiger partial charge in [-0.2, -0.15) is 0 Å². The average molecular weight is 239 g/mol. The van der Waals surface area contributed by atoms with Gasteiger partial charge in [0.05, 0.1) is 12.2 Å². The second-order valence-electron chi connectivity index (χ2n) is 5.02. The third kappa shape index (κ3) is 2.41. The normalized spacial score (nSPS) is 25.6. The number of rotatable bonds is 3. The van der Waals surface area contributed by atoms with Crippen LogP contribution in [0.4, 0.5) is 0 Å². The van der Waals surface area contributed by atoms with E-state index in [4.69, 9.17) is 16.3 Å². The molecule has 1 aromatic carbocycles. The highest BCUT2D eigenvalue weighted by Crippen LogP contribution is 2.32. The molecular formula is C14H19ClO. The van der Waals surface area contributed by atoms with Crippen molar-refractivity contribution in [1.29, 1.82) is 0 Å². The van der Waals surface area contributed by atoms with Crippen molar-refractivity contribution in [2.75, 3.05) is 0 Å². The van der Waals surface area contributed by atoms with Crippen molar-refractivity contribution in [2.24, 2.45) is 5.92 Å². The zero-order valence-electron chi connectivity index (χ0n) is 10.4. The summed E-state index contributed by atoms with van der Waals surface area (Å²) in [5.41, 5.74) is 3.83. The van der Waals surface area contributed by atoms with E-state index in [0.29, 0.717) is 18.1 Å². The Balaban J connectivity index is 2.12. The fourth-order valence-electron chi connectivity index (χ4n) is 2.26. The first-order valence-corrected chi connectivity index (χ1v) is 6.28. The maximum Gasteiger partial charge on any atom is 0.0867 e. The van der Waals surface area contributed by atoms with Crippen LogP contribution >= 0.6 is 11.6 Å². The summed E-state index contributed by atoms with van der Waals surface area (Å²) in [4.78, 5) is 0. The number of ether oxygens (including phenoxy) is 1. The van der Waals surface area contributed by atoms with Crippen molar-refractivity contribution < 1.29 is 4.74 Å². The third-order valence-corrected chi connectivity index (χ3v) is 3.88. The molecule has 1 fully saturated rings. The summed E-state index contributed by atoms with van der Waals surface area (Å²) in [7, 11) is 0. The maximum atomic E-state index is 6.27. The molecule has 88 valence electrons. The van der Waals surface area contributed by atoms with Crippen molar-refractivity contribution in [3.8, 4) is 0 Å². The Labute approximate surface area is 103 Å². The van der Waals surface area contributed by atoms with Gasteiger partial charge in [-0.1, -0.05) is 24.6 Å². The minimum Gasteiger partial charge on any atom is -0.370 e. The van der Waals surface area contributed by atoms with Crippen LogP contribution in [-0.2, 0) is 11.2 Å². The lowest BCUT2D eigenvalue weighted by Gasteiger charge is -2.12. The highest BCUT2D eigenvalue weighted by molar-refractivity contribution is 6.31.